The van der Waals surface area contributed by atoms with Gasteiger partial charge in [0.2, 0.25) is 0 Å². The second-order valence-corrected chi connectivity index (χ2v) is 9.46. The largest absolute Gasteiger partial charge is 0.493 e. The van der Waals surface area contributed by atoms with Gasteiger partial charge in [0.1, 0.15) is 35.4 Å². The molecule has 2 heterocycles. The van der Waals surface area contributed by atoms with Gasteiger partial charge < -0.3 is 28.6 Å². The van der Waals surface area contributed by atoms with Crippen molar-refractivity contribution in [2.75, 3.05) is 46.6 Å². The Hall–Kier alpha value is -3.21. The minimum Gasteiger partial charge on any atom is -0.493 e. The van der Waals surface area contributed by atoms with Crippen LogP contribution < -0.4 is 14.2 Å². The molecule has 1 saturated heterocycles. The molecule has 1 aromatic heterocycles. The first-order chi connectivity index (χ1) is 18.4. The Morgan fingerprint density at radius 1 is 1.11 bits per heavy atom. The lowest BCUT2D eigenvalue weighted by molar-refractivity contribution is -0.0647. The van der Waals surface area contributed by atoms with Crippen LogP contribution in [-0.4, -0.2) is 71.8 Å². The molecule has 0 radical (unpaired) electrons. The summed E-state index contributed by atoms with van der Waals surface area (Å²) in [6.45, 7) is 5.15. The second-order valence-electron chi connectivity index (χ2n) is 9.46. The Balaban J connectivity index is 1.35. The van der Waals surface area contributed by atoms with Crippen LogP contribution in [-0.2, 0) is 24.2 Å². The Kier molecular flexibility index (Phi) is 9.54. The average molecular weight is 532 g/mol. The van der Waals surface area contributed by atoms with Crippen LogP contribution in [0.4, 0.5) is 8.78 Å². The van der Waals surface area contributed by atoms with Crippen molar-refractivity contribution in [1.82, 2.24) is 14.5 Å². The van der Waals surface area contributed by atoms with Crippen molar-refractivity contribution in [3.05, 3.63) is 71.8 Å². The molecule has 0 aliphatic carbocycles. The maximum Gasteiger partial charge on any atom is 0.161 e. The molecule has 8 nitrogen and oxygen atoms in total. The monoisotopic (exact) mass is 531 g/mol. The molecule has 0 amide bonds. The number of aryl methyl sites for hydroxylation is 2. The smallest absolute Gasteiger partial charge is 0.161 e. The lowest BCUT2D eigenvalue weighted by Crippen LogP contribution is -2.48. The van der Waals surface area contributed by atoms with Gasteiger partial charge in [0.25, 0.3) is 0 Å². The van der Waals surface area contributed by atoms with Gasteiger partial charge in [-0.15, -0.1) is 0 Å². The van der Waals surface area contributed by atoms with Crippen LogP contribution in [0, 0.1) is 11.6 Å². The van der Waals surface area contributed by atoms with E-state index < -0.39 is 17.2 Å². The highest BCUT2D eigenvalue weighted by molar-refractivity contribution is 5.43. The third kappa shape index (κ3) is 7.66. The van der Waals surface area contributed by atoms with Crippen molar-refractivity contribution in [3.63, 3.8) is 0 Å². The zero-order chi connectivity index (χ0) is 27.0. The van der Waals surface area contributed by atoms with Gasteiger partial charge in [0, 0.05) is 63.2 Å². The van der Waals surface area contributed by atoms with E-state index in [1.807, 2.05) is 30.6 Å². The van der Waals surface area contributed by atoms with E-state index in [0.29, 0.717) is 37.8 Å². The number of aromatic nitrogens is 2. The van der Waals surface area contributed by atoms with Crippen molar-refractivity contribution in [2.24, 2.45) is 0 Å². The van der Waals surface area contributed by atoms with E-state index in [1.54, 1.807) is 7.11 Å². The van der Waals surface area contributed by atoms with Crippen molar-refractivity contribution in [1.29, 1.82) is 0 Å². The number of benzene rings is 2. The first-order valence-corrected chi connectivity index (χ1v) is 12.8. The fourth-order valence-electron chi connectivity index (χ4n) is 4.51. The zero-order valence-electron chi connectivity index (χ0n) is 21.9. The molecule has 0 bridgehead atoms. The highest BCUT2D eigenvalue weighted by Crippen LogP contribution is 2.29. The van der Waals surface area contributed by atoms with Crippen LogP contribution in [0.15, 0.2) is 48.8 Å². The molecule has 1 aliphatic heterocycles. The van der Waals surface area contributed by atoms with Gasteiger partial charge in [0.05, 0.1) is 26.9 Å². The molecule has 1 aliphatic rings. The predicted octanol–water partition coefficient (Wildman–Crippen LogP) is 3.84. The molecule has 206 valence electrons. The fraction of sp³-hybridized carbons (Fsp3) is 0.464. The lowest BCUT2D eigenvalue weighted by Gasteiger charge is -2.30. The molecular weight excluding hydrogens is 496 g/mol. The van der Waals surface area contributed by atoms with Crippen molar-refractivity contribution in [2.45, 2.75) is 38.5 Å². The number of β-amino-alcohol motifs (C(OH)–C–C–N with tert-alkyl or cyclic N) is 1. The summed E-state index contributed by atoms with van der Waals surface area (Å²) in [5.41, 5.74) is -0.364. The van der Waals surface area contributed by atoms with Crippen LogP contribution in [0.25, 0.3) is 0 Å². The summed E-state index contributed by atoms with van der Waals surface area (Å²) in [6, 6.07) is 8.72. The summed E-state index contributed by atoms with van der Waals surface area (Å²) < 4.78 is 51.8. The van der Waals surface area contributed by atoms with Crippen molar-refractivity contribution < 1.29 is 32.8 Å². The SMILES string of the molecule is CCc1nccn1CCCOc1cc(CN2CCOC[C@@](O)(COc3cc(F)cc(F)c3)C2)ccc1OC. The van der Waals surface area contributed by atoms with E-state index in [4.69, 9.17) is 18.9 Å². The summed E-state index contributed by atoms with van der Waals surface area (Å²) >= 11 is 0. The Morgan fingerprint density at radius 3 is 2.68 bits per heavy atom. The molecule has 10 heteroatoms. The highest BCUT2D eigenvalue weighted by atomic mass is 19.1. The van der Waals surface area contributed by atoms with Gasteiger partial charge in [-0.1, -0.05) is 13.0 Å². The van der Waals surface area contributed by atoms with Gasteiger partial charge in [-0.25, -0.2) is 13.8 Å². The summed E-state index contributed by atoms with van der Waals surface area (Å²) in [5, 5.41) is 11.2. The highest BCUT2D eigenvalue weighted by Gasteiger charge is 2.33. The van der Waals surface area contributed by atoms with Crippen LogP contribution >= 0.6 is 0 Å². The van der Waals surface area contributed by atoms with Crippen LogP contribution in [0.1, 0.15) is 24.7 Å². The summed E-state index contributed by atoms with van der Waals surface area (Å²) in [7, 11) is 1.61. The standard InChI is InChI=1S/C28H35F2N3O5/c1-3-27-31-7-9-33(27)8-4-11-37-26-13-21(5-6-25(26)35-2)17-32-10-12-36-19-28(34,18-32)20-38-24-15-22(29)14-23(30)16-24/h5-7,9,13-16,34H,3-4,8,10-12,17-20H2,1-2H3/t28-/m1/s1. The number of ether oxygens (including phenoxy) is 4. The molecule has 2 aromatic carbocycles. The summed E-state index contributed by atoms with van der Waals surface area (Å²) in [6.07, 6.45) is 5.50. The Bertz CT molecular complexity index is 1170. The predicted molar refractivity (Wildman–Crippen MR) is 138 cm³/mol. The van der Waals surface area contributed by atoms with E-state index in [-0.39, 0.29) is 25.5 Å². The van der Waals surface area contributed by atoms with Gasteiger partial charge in [-0.2, -0.15) is 0 Å². The lowest BCUT2D eigenvalue weighted by atomic mass is 10.1. The Labute approximate surface area is 221 Å². The molecule has 0 unspecified atom stereocenters. The van der Waals surface area contributed by atoms with E-state index >= 15 is 0 Å². The Morgan fingerprint density at radius 2 is 1.92 bits per heavy atom. The molecular formula is C28H35F2N3O5. The molecule has 1 N–H and O–H groups in total. The first kappa shape index (κ1) is 27.8. The van der Waals surface area contributed by atoms with Crippen molar-refractivity contribution in [3.8, 4) is 17.2 Å². The fourth-order valence-corrected chi connectivity index (χ4v) is 4.51. The zero-order valence-corrected chi connectivity index (χ0v) is 21.9. The van der Waals surface area contributed by atoms with E-state index in [9.17, 15) is 13.9 Å². The summed E-state index contributed by atoms with van der Waals surface area (Å²) in [5.74, 6) is 0.898. The number of halogens is 2. The van der Waals surface area contributed by atoms with Gasteiger partial charge >= 0.3 is 0 Å². The molecule has 0 spiro atoms. The normalized spacial score (nSPS) is 18.2. The quantitative estimate of drug-likeness (QED) is 0.356. The first-order valence-electron chi connectivity index (χ1n) is 12.8. The van der Waals surface area contributed by atoms with Gasteiger partial charge in [-0.3, -0.25) is 4.90 Å². The topological polar surface area (TPSA) is 78.2 Å². The molecule has 3 aromatic rings. The van der Waals surface area contributed by atoms with Gasteiger partial charge in [-0.05, 0) is 24.1 Å². The minimum absolute atomic E-state index is 0.0163. The van der Waals surface area contributed by atoms with Crippen LogP contribution in [0.2, 0.25) is 0 Å². The molecule has 1 fully saturated rings. The molecule has 1 atom stereocenters. The molecule has 4 rings (SSSR count). The minimum atomic E-state index is -1.35. The molecule has 0 saturated carbocycles. The van der Waals surface area contributed by atoms with Crippen molar-refractivity contribution >= 4 is 0 Å². The van der Waals surface area contributed by atoms with E-state index in [2.05, 4.69) is 21.4 Å². The van der Waals surface area contributed by atoms with Crippen LogP contribution in [0.5, 0.6) is 17.2 Å². The molecule has 38 heavy (non-hydrogen) atoms. The van der Waals surface area contributed by atoms with E-state index in [0.717, 1.165) is 49.0 Å². The number of hydrogen-bond donors (Lipinski definition) is 1. The third-order valence-corrected chi connectivity index (χ3v) is 6.34. The second kappa shape index (κ2) is 13.0. The van der Waals surface area contributed by atoms with E-state index in [1.165, 1.54) is 0 Å². The third-order valence-electron chi connectivity index (χ3n) is 6.34. The number of rotatable bonds is 12. The number of hydrogen-bond acceptors (Lipinski definition) is 7. The number of imidazole rings is 1. The number of aliphatic hydroxyl groups is 1. The average Bonchev–Trinajstić information content (AvgIpc) is 3.27. The maximum absolute atomic E-state index is 13.5. The number of methoxy groups -OCH3 is 1. The van der Waals surface area contributed by atoms with Crippen LogP contribution in [0.3, 0.4) is 0 Å². The summed E-state index contributed by atoms with van der Waals surface area (Å²) in [4.78, 5) is 6.40. The maximum atomic E-state index is 13.5. The van der Waals surface area contributed by atoms with Gasteiger partial charge in [0.15, 0.2) is 11.5 Å². The number of nitrogens with zero attached hydrogens (tertiary/aromatic N) is 3.